The summed E-state index contributed by atoms with van der Waals surface area (Å²) in [6.07, 6.45) is 0.893. The highest BCUT2D eigenvalue weighted by atomic mass is 16.5. The Morgan fingerprint density at radius 1 is 1.39 bits per heavy atom. The lowest BCUT2D eigenvalue weighted by molar-refractivity contribution is -0.136. The number of ether oxygens (including phenoxy) is 1. The number of hydrogen-bond donors (Lipinski definition) is 2. The van der Waals surface area contributed by atoms with Crippen LogP contribution in [-0.2, 0) is 9.53 Å². The SMILES string of the molecule is O=C1COC2(CCNC2)CN1c1ccccc1O. The average molecular weight is 248 g/mol. The van der Waals surface area contributed by atoms with Crippen molar-refractivity contribution in [3.63, 3.8) is 0 Å². The first kappa shape index (κ1) is 11.5. The number of amides is 1. The van der Waals surface area contributed by atoms with Gasteiger partial charge in [0.05, 0.1) is 12.2 Å². The molecule has 96 valence electrons. The first-order valence-electron chi connectivity index (χ1n) is 6.13. The van der Waals surface area contributed by atoms with Gasteiger partial charge in [0.15, 0.2) is 0 Å². The third kappa shape index (κ3) is 1.85. The lowest BCUT2D eigenvalue weighted by Gasteiger charge is -2.39. The van der Waals surface area contributed by atoms with Crippen LogP contribution in [0.3, 0.4) is 0 Å². The number of anilines is 1. The molecule has 5 nitrogen and oxygen atoms in total. The van der Waals surface area contributed by atoms with Gasteiger partial charge in [-0.05, 0) is 25.1 Å². The zero-order valence-corrected chi connectivity index (χ0v) is 10.1. The summed E-state index contributed by atoms with van der Waals surface area (Å²) >= 11 is 0. The van der Waals surface area contributed by atoms with Gasteiger partial charge in [-0.1, -0.05) is 12.1 Å². The van der Waals surface area contributed by atoms with Crippen LogP contribution >= 0.6 is 0 Å². The summed E-state index contributed by atoms with van der Waals surface area (Å²) in [5.41, 5.74) is 0.271. The van der Waals surface area contributed by atoms with Crippen LogP contribution in [-0.4, -0.2) is 42.9 Å². The Morgan fingerprint density at radius 3 is 2.94 bits per heavy atom. The van der Waals surface area contributed by atoms with Crippen molar-refractivity contribution >= 4 is 11.6 Å². The van der Waals surface area contributed by atoms with E-state index in [0.717, 1.165) is 19.5 Å². The Labute approximate surface area is 105 Å². The van der Waals surface area contributed by atoms with Crippen molar-refractivity contribution in [1.82, 2.24) is 5.32 Å². The Hall–Kier alpha value is -1.59. The smallest absolute Gasteiger partial charge is 0.253 e. The molecule has 0 aromatic heterocycles. The lowest BCUT2D eigenvalue weighted by atomic mass is 10.00. The minimum Gasteiger partial charge on any atom is -0.506 e. The van der Waals surface area contributed by atoms with Crippen LogP contribution in [0, 0.1) is 0 Å². The van der Waals surface area contributed by atoms with Gasteiger partial charge in [-0.15, -0.1) is 0 Å². The van der Waals surface area contributed by atoms with Crippen LogP contribution in [0.5, 0.6) is 5.75 Å². The second-order valence-electron chi connectivity index (χ2n) is 4.87. The first-order chi connectivity index (χ1) is 8.70. The minimum absolute atomic E-state index is 0.0794. The number of rotatable bonds is 1. The second-order valence-corrected chi connectivity index (χ2v) is 4.87. The molecule has 0 radical (unpaired) electrons. The van der Waals surface area contributed by atoms with Crippen molar-refractivity contribution in [3.8, 4) is 5.75 Å². The molecule has 2 N–H and O–H groups in total. The molecule has 0 bridgehead atoms. The van der Waals surface area contributed by atoms with Crippen LogP contribution < -0.4 is 10.2 Å². The Bertz CT molecular complexity index is 469. The molecule has 1 amide bonds. The van der Waals surface area contributed by atoms with E-state index in [0.29, 0.717) is 12.2 Å². The minimum atomic E-state index is -0.295. The van der Waals surface area contributed by atoms with E-state index in [9.17, 15) is 9.90 Å². The third-order valence-corrected chi connectivity index (χ3v) is 3.63. The highest BCUT2D eigenvalue weighted by molar-refractivity contribution is 5.96. The largest absolute Gasteiger partial charge is 0.506 e. The fourth-order valence-corrected chi connectivity index (χ4v) is 2.61. The number of carbonyl (C=O) groups is 1. The van der Waals surface area contributed by atoms with Gasteiger partial charge in [-0.2, -0.15) is 0 Å². The normalized spacial score (nSPS) is 28.0. The van der Waals surface area contributed by atoms with E-state index in [-0.39, 0.29) is 23.9 Å². The fraction of sp³-hybridized carbons (Fsp3) is 0.462. The number of para-hydroxylation sites is 2. The summed E-state index contributed by atoms with van der Waals surface area (Å²) < 4.78 is 5.69. The number of phenols is 1. The van der Waals surface area contributed by atoms with E-state index >= 15 is 0 Å². The summed E-state index contributed by atoms with van der Waals surface area (Å²) in [4.78, 5) is 13.6. The quantitative estimate of drug-likeness (QED) is 0.759. The number of carbonyl (C=O) groups excluding carboxylic acids is 1. The van der Waals surface area contributed by atoms with Gasteiger partial charge in [-0.3, -0.25) is 4.79 Å². The molecule has 1 aromatic carbocycles. The topological polar surface area (TPSA) is 61.8 Å². The highest BCUT2D eigenvalue weighted by Crippen LogP contribution is 2.33. The molecular weight excluding hydrogens is 232 g/mol. The van der Waals surface area contributed by atoms with E-state index in [4.69, 9.17) is 4.74 Å². The molecule has 2 saturated heterocycles. The molecule has 1 atom stereocenters. The maximum Gasteiger partial charge on any atom is 0.253 e. The molecule has 1 spiro atoms. The van der Waals surface area contributed by atoms with Crippen molar-refractivity contribution in [2.45, 2.75) is 12.0 Å². The monoisotopic (exact) mass is 248 g/mol. The molecule has 2 aliphatic rings. The fourth-order valence-electron chi connectivity index (χ4n) is 2.61. The highest BCUT2D eigenvalue weighted by Gasteiger charge is 2.42. The number of benzene rings is 1. The molecule has 0 saturated carbocycles. The molecule has 1 aromatic rings. The van der Waals surface area contributed by atoms with Crippen molar-refractivity contribution in [1.29, 1.82) is 0 Å². The summed E-state index contributed by atoms with van der Waals surface area (Å²) in [7, 11) is 0. The molecule has 2 fully saturated rings. The zero-order chi connectivity index (χ0) is 12.6. The van der Waals surface area contributed by atoms with E-state index in [1.54, 1.807) is 23.1 Å². The van der Waals surface area contributed by atoms with Gasteiger partial charge < -0.3 is 20.1 Å². The molecule has 3 rings (SSSR count). The number of morpholine rings is 1. The van der Waals surface area contributed by atoms with Gasteiger partial charge in [0.25, 0.3) is 5.91 Å². The van der Waals surface area contributed by atoms with Crippen molar-refractivity contribution < 1.29 is 14.6 Å². The average Bonchev–Trinajstić information content (AvgIpc) is 2.82. The third-order valence-electron chi connectivity index (χ3n) is 3.63. The molecule has 2 aliphatic heterocycles. The summed E-state index contributed by atoms with van der Waals surface area (Å²) in [5.74, 6) is 0.0304. The van der Waals surface area contributed by atoms with Crippen molar-refractivity contribution in [2.75, 3.05) is 31.1 Å². The van der Waals surface area contributed by atoms with E-state index in [1.165, 1.54) is 0 Å². The molecule has 0 aliphatic carbocycles. The van der Waals surface area contributed by atoms with Gasteiger partial charge in [0.1, 0.15) is 18.0 Å². The van der Waals surface area contributed by atoms with Gasteiger partial charge in [0.2, 0.25) is 0 Å². The van der Waals surface area contributed by atoms with Gasteiger partial charge in [-0.25, -0.2) is 0 Å². The van der Waals surface area contributed by atoms with E-state index in [2.05, 4.69) is 5.32 Å². The summed E-state index contributed by atoms with van der Waals surface area (Å²) in [6, 6.07) is 6.92. The van der Waals surface area contributed by atoms with Gasteiger partial charge in [0, 0.05) is 6.54 Å². The number of hydrogen-bond acceptors (Lipinski definition) is 4. The van der Waals surface area contributed by atoms with Crippen LogP contribution in [0.25, 0.3) is 0 Å². The molecule has 1 unspecified atom stereocenters. The van der Waals surface area contributed by atoms with Gasteiger partial charge >= 0.3 is 0 Å². The van der Waals surface area contributed by atoms with Crippen molar-refractivity contribution in [3.05, 3.63) is 24.3 Å². The first-order valence-corrected chi connectivity index (χ1v) is 6.13. The Morgan fingerprint density at radius 2 is 2.22 bits per heavy atom. The van der Waals surface area contributed by atoms with E-state index < -0.39 is 0 Å². The number of aromatic hydroxyl groups is 1. The molecule has 18 heavy (non-hydrogen) atoms. The number of phenolic OH excluding ortho intramolecular Hbond substituents is 1. The maximum absolute atomic E-state index is 12.0. The zero-order valence-electron chi connectivity index (χ0n) is 10.1. The van der Waals surface area contributed by atoms with Crippen LogP contribution in [0.4, 0.5) is 5.69 Å². The lowest BCUT2D eigenvalue weighted by Crippen LogP contribution is -2.55. The molecule has 5 heteroatoms. The maximum atomic E-state index is 12.0. The summed E-state index contributed by atoms with van der Waals surface area (Å²) in [5, 5.41) is 13.1. The standard InChI is InChI=1S/C13H16N2O3/c16-11-4-2-1-3-10(11)15-9-13(5-6-14-8-13)18-7-12(15)17/h1-4,14,16H,5-9H2. The predicted molar refractivity (Wildman–Crippen MR) is 66.6 cm³/mol. The van der Waals surface area contributed by atoms with E-state index in [1.807, 2.05) is 6.07 Å². The number of nitrogens with one attached hydrogen (secondary N) is 1. The summed E-state index contributed by atoms with van der Waals surface area (Å²) in [6.45, 7) is 2.24. The predicted octanol–water partition coefficient (Wildman–Crippen LogP) is 0.487. The second kappa shape index (κ2) is 4.26. The number of nitrogens with zero attached hydrogens (tertiary/aromatic N) is 1. The van der Waals surface area contributed by atoms with Crippen LogP contribution in [0.2, 0.25) is 0 Å². The molecular formula is C13H16N2O3. The van der Waals surface area contributed by atoms with Crippen molar-refractivity contribution in [2.24, 2.45) is 0 Å². The van der Waals surface area contributed by atoms with Crippen LogP contribution in [0.15, 0.2) is 24.3 Å². The van der Waals surface area contributed by atoms with Crippen LogP contribution in [0.1, 0.15) is 6.42 Å². The Kier molecular flexibility index (Phi) is 2.72. The Balaban J connectivity index is 1.90. The molecule has 2 heterocycles.